The number of urea groups is 1. The third-order valence-corrected chi connectivity index (χ3v) is 3.74. The van der Waals surface area contributed by atoms with Crippen LogP contribution in [0, 0.1) is 11.6 Å². The molecule has 0 bridgehead atoms. The molecule has 116 valence electrons. The minimum Gasteiger partial charge on any atom is -0.391 e. The van der Waals surface area contributed by atoms with Crippen LogP contribution >= 0.6 is 0 Å². The molecule has 6 heteroatoms. The van der Waals surface area contributed by atoms with Gasteiger partial charge in [0.2, 0.25) is 0 Å². The molecule has 0 aromatic heterocycles. The summed E-state index contributed by atoms with van der Waals surface area (Å²) in [6.07, 6.45) is 1.01. The third-order valence-electron chi connectivity index (χ3n) is 3.74. The Hall–Kier alpha value is -1.69. The molecule has 0 spiro atoms. The van der Waals surface area contributed by atoms with Crippen LogP contribution in [-0.4, -0.2) is 41.8 Å². The van der Waals surface area contributed by atoms with Gasteiger partial charge < -0.3 is 15.3 Å². The molecule has 1 heterocycles. The molecule has 0 radical (unpaired) electrons. The summed E-state index contributed by atoms with van der Waals surface area (Å²) in [7, 11) is 0. The predicted octanol–water partition coefficient (Wildman–Crippen LogP) is 2.23. The number of rotatable bonds is 3. The smallest absolute Gasteiger partial charge is 0.317 e. The number of piperidine rings is 1. The number of aliphatic hydroxyl groups is 1. The lowest BCUT2D eigenvalue weighted by Gasteiger charge is -2.30. The van der Waals surface area contributed by atoms with Crippen molar-refractivity contribution >= 4 is 6.03 Å². The lowest BCUT2D eigenvalue weighted by Crippen LogP contribution is -2.47. The Morgan fingerprint density at radius 3 is 2.95 bits per heavy atom. The van der Waals surface area contributed by atoms with Gasteiger partial charge in [0.15, 0.2) is 0 Å². The molecular formula is C15H20F2N2O2. The Morgan fingerprint density at radius 1 is 1.52 bits per heavy atom. The average molecular weight is 298 g/mol. The highest BCUT2D eigenvalue weighted by molar-refractivity contribution is 5.74. The van der Waals surface area contributed by atoms with Crippen LogP contribution in [0.2, 0.25) is 0 Å². The van der Waals surface area contributed by atoms with E-state index in [9.17, 15) is 18.7 Å². The normalized spacial score (nSPS) is 20.2. The van der Waals surface area contributed by atoms with Crippen LogP contribution in [0.3, 0.4) is 0 Å². The summed E-state index contributed by atoms with van der Waals surface area (Å²) < 4.78 is 26.5. The zero-order valence-electron chi connectivity index (χ0n) is 12.0. The zero-order valence-corrected chi connectivity index (χ0v) is 12.0. The van der Waals surface area contributed by atoms with E-state index in [4.69, 9.17) is 0 Å². The predicted molar refractivity (Wildman–Crippen MR) is 75.0 cm³/mol. The first-order valence-corrected chi connectivity index (χ1v) is 7.13. The highest BCUT2D eigenvalue weighted by atomic mass is 19.1. The van der Waals surface area contributed by atoms with Crippen molar-refractivity contribution in [2.75, 3.05) is 19.6 Å². The van der Waals surface area contributed by atoms with E-state index in [1.807, 2.05) is 0 Å². The Morgan fingerprint density at radius 2 is 2.29 bits per heavy atom. The Kier molecular flexibility index (Phi) is 5.12. The number of benzene rings is 1. The molecule has 0 aliphatic carbocycles. The molecule has 1 fully saturated rings. The van der Waals surface area contributed by atoms with Gasteiger partial charge in [0, 0.05) is 31.6 Å². The number of carbonyl (C=O) groups excluding carboxylic acids is 1. The summed E-state index contributed by atoms with van der Waals surface area (Å²) in [5.74, 6) is -1.48. The number of β-amino-alcohol motifs (C(OH)–C–C–N with tert-alkyl or cyclic N) is 1. The number of hydrogen-bond acceptors (Lipinski definition) is 2. The van der Waals surface area contributed by atoms with E-state index in [0.29, 0.717) is 25.1 Å². The van der Waals surface area contributed by atoms with Crippen LogP contribution < -0.4 is 5.32 Å². The number of hydrogen-bond donors (Lipinski definition) is 2. The molecule has 21 heavy (non-hydrogen) atoms. The molecular weight excluding hydrogens is 278 g/mol. The zero-order chi connectivity index (χ0) is 15.4. The van der Waals surface area contributed by atoms with E-state index in [1.54, 1.807) is 11.8 Å². The minimum absolute atomic E-state index is 0.258. The van der Waals surface area contributed by atoms with Gasteiger partial charge in [0.25, 0.3) is 0 Å². The summed E-state index contributed by atoms with van der Waals surface area (Å²) in [6, 6.07) is 3.18. The number of aliphatic hydroxyl groups excluding tert-OH is 1. The Bertz CT molecular complexity index is 510. The van der Waals surface area contributed by atoms with Gasteiger partial charge in [-0.25, -0.2) is 13.6 Å². The van der Waals surface area contributed by atoms with Crippen molar-refractivity contribution in [3.8, 4) is 0 Å². The summed E-state index contributed by atoms with van der Waals surface area (Å²) in [5.41, 5.74) is 0.371. The van der Waals surface area contributed by atoms with Crippen molar-refractivity contribution in [3.63, 3.8) is 0 Å². The largest absolute Gasteiger partial charge is 0.391 e. The summed E-state index contributed by atoms with van der Waals surface area (Å²) in [5, 5.41) is 12.3. The summed E-state index contributed by atoms with van der Waals surface area (Å²) >= 11 is 0. The second-order valence-electron chi connectivity index (χ2n) is 5.50. The fraction of sp³-hybridized carbons (Fsp3) is 0.533. The van der Waals surface area contributed by atoms with Crippen LogP contribution in [0.5, 0.6) is 0 Å². The van der Waals surface area contributed by atoms with Gasteiger partial charge in [-0.2, -0.15) is 0 Å². The van der Waals surface area contributed by atoms with Gasteiger partial charge in [-0.1, -0.05) is 13.0 Å². The van der Waals surface area contributed by atoms with Crippen LogP contribution in [-0.2, 0) is 0 Å². The van der Waals surface area contributed by atoms with Gasteiger partial charge in [0.05, 0.1) is 6.10 Å². The molecule has 0 saturated carbocycles. The summed E-state index contributed by atoms with van der Waals surface area (Å²) in [4.78, 5) is 13.5. The maximum Gasteiger partial charge on any atom is 0.317 e. The van der Waals surface area contributed by atoms with Crippen LogP contribution in [0.25, 0.3) is 0 Å². The molecule has 4 nitrogen and oxygen atoms in total. The van der Waals surface area contributed by atoms with E-state index in [0.717, 1.165) is 12.5 Å². The van der Waals surface area contributed by atoms with Crippen molar-refractivity contribution in [3.05, 3.63) is 35.4 Å². The van der Waals surface area contributed by atoms with Crippen molar-refractivity contribution in [2.45, 2.75) is 31.8 Å². The molecule has 1 aliphatic rings. The standard InChI is InChI=1S/C15H20F2N2O2/c1-10(13-5-4-11(16)7-14(13)17)8-18-15(21)19-6-2-3-12(20)9-19/h4-5,7,10,12,20H,2-3,6,8-9H2,1H3,(H,18,21). The van der Waals surface area contributed by atoms with Crippen molar-refractivity contribution < 1.29 is 18.7 Å². The molecule has 2 N–H and O–H groups in total. The number of amides is 2. The van der Waals surface area contributed by atoms with E-state index in [1.165, 1.54) is 12.1 Å². The fourth-order valence-electron chi connectivity index (χ4n) is 2.50. The molecule has 2 unspecified atom stereocenters. The fourth-order valence-corrected chi connectivity index (χ4v) is 2.50. The minimum atomic E-state index is -0.616. The highest BCUT2D eigenvalue weighted by Crippen LogP contribution is 2.19. The quantitative estimate of drug-likeness (QED) is 0.899. The third kappa shape index (κ3) is 4.14. The van der Waals surface area contributed by atoms with Crippen LogP contribution in [0.15, 0.2) is 18.2 Å². The monoisotopic (exact) mass is 298 g/mol. The topological polar surface area (TPSA) is 52.6 Å². The molecule has 2 rings (SSSR count). The number of carbonyl (C=O) groups is 1. The van der Waals surface area contributed by atoms with Gasteiger partial charge in [-0.15, -0.1) is 0 Å². The first-order chi connectivity index (χ1) is 9.97. The highest BCUT2D eigenvalue weighted by Gasteiger charge is 2.22. The molecule has 2 atom stereocenters. The lowest BCUT2D eigenvalue weighted by atomic mass is 10.0. The molecule has 2 amide bonds. The second-order valence-corrected chi connectivity index (χ2v) is 5.50. The number of nitrogens with zero attached hydrogens (tertiary/aromatic N) is 1. The summed E-state index contributed by atoms with van der Waals surface area (Å²) in [6.45, 7) is 2.96. The molecule has 1 aromatic rings. The van der Waals surface area contributed by atoms with E-state index in [2.05, 4.69) is 5.32 Å². The number of halogens is 2. The van der Waals surface area contributed by atoms with Crippen molar-refractivity contribution in [1.82, 2.24) is 10.2 Å². The Balaban J connectivity index is 1.88. The van der Waals surface area contributed by atoms with Gasteiger partial charge >= 0.3 is 6.03 Å². The van der Waals surface area contributed by atoms with Gasteiger partial charge in [0.1, 0.15) is 11.6 Å². The van der Waals surface area contributed by atoms with Crippen molar-refractivity contribution in [1.29, 1.82) is 0 Å². The van der Waals surface area contributed by atoms with E-state index >= 15 is 0 Å². The number of likely N-dealkylation sites (tertiary alicyclic amines) is 1. The number of nitrogens with one attached hydrogen (secondary N) is 1. The van der Waals surface area contributed by atoms with E-state index in [-0.39, 0.29) is 18.5 Å². The Labute approximate surface area is 122 Å². The SMILES string of the molecule is CC(CNC(=O)N1CCCC(O)C1)c1ccc(F)cc1F. The van der Waals surface area contributed by atoms with Crippen LogP contribution in [0.1, 0.15) is 31.2 Å². The van der Waals surface area contributed by atoms with Crippen molar-refractivity contribution in [2.24, 2.45) is 0 Å². The maximum absolute atomic E-state index is 13.6. The van der Waals surface area contributed by atoms with E-state index < -0.39 is 17.7 Å². The molecule has 1 saturated heterocycles. The van der Waals surface area contributed by atoms with Gasteiger partial charge in [-0.05, 0) is 24.5 Å². The molecule has 1 aliphatic heterocycles. The maximum atomic E-state index is 13.6. The molecule has 1 aromatic carbocycles. The van der Waals surface area contributed by atoms with Crippen LogP contribution in [0.4, 0.5) is 13.6 Å². The first kappa shape index (κ1) is 15.7. The lowest BCUT2D eigenvalue weighted by molar-refractivity contribution is 0.0842. The first-order valence-electron chi connectivity index (χ1n) is 7.13. The van der Waals surface area contributed by atoms with Gasteiger partial charge in [-0.3, -0.25) is 0 Å². The second kappa shape index (κ2) is 6.85. The average Bonchev–Trinajstić information content (AvgIpc) is 2.44.